The summed E-state index contributed by atoms with van der Waals surface area (Å²) in [5.74, 6) is 0.841. The Bertz CT molecular complexity index is 333. The summed E-state index contributed by atoms with van der Waals surface area (Å²) in [5, 5.41) is 0.546. The van der Waals surface area contributed by atoms with Gasteiger partial charge in [0.05, 0.1) is 6.54 Å². The van der Waals surface area contributed by atoms with Crippen LogP contribution in [0.2, 0.25) is 5.15 Å². The van der Waals surface area contributed by atoms with Crippen LogP contribution in [0.1, 0.15) is 31.3 Å². The molecule has 1 unspecified atom stereocenters. The number of nitrogens with zero attached hydrogens (tertiary/aromatic N) is 3. The Morgan fingerprint density at radius 1 is 1.53 bits per heavy atom. The van der Waals surface area contributed by atoms with E-state index in [2.05, 4.69) is 21.8 Å². The second-order valence-corrected chi connectivity index (χ2v) is 4.60. The fourth-order valence-electron chi connectivity index (χ4n) is 2.07. The van der Waals surface area contributed by atoms with Gasteiger partial charge in [0.25, 0.3) is 0 Å². The van der Waals surface area contributed by atoms with E-state index in [-0.39, 0.29) is 0 Å². The van der Waals surface area contributed by atoms with Gasteiger partial charge in [-0.3, -0.25) is 4.90 Å². The Labute approximate surface area is 95.5 Å². The van der Waals surface area contributed by atoms with E-state index in [1.54, 1.807) is 6.07 Å². The Morgan fingerprint density at radius 3 is 2.93 bits per heavy atom. The van der Waals surface area contributed by atoms with E-state index < -0.39 is 0 Å². The van der Waals surface area contributed by atoms with E-state index in [9.17, 15) is 0 Å². The first-order chi connectivity index (χ1) is 7.15. The zero-order valence-electron chi connectivity index (χ0n) is 9.20. The van der Waals surface area contributed by atoms with Crippen molar-refractivity contribution in [2.24, 2.45) is 0 Å². The summed E-state index contributed by atoms with van der Waals surface area (Å²) >= 11 is 5.90. The summed E-state index contributed by atoms with van der Waals surface area (Å²) in [4.78, 5) is 11.0. The molecule has 1 saturated heterocycles. The van der Waals surface area contributed by atoms with Crippen molar-refractivity contribution >= 4 is 11.6 Å². The molecule has 0 amide bonds. The first-order valence-electron chi connectivity index (χ1n) is 5.39. The summed E-state index contributed by atoms with van der Waals surface area (Å²) < 4.78 is 0. The van der Waals surface area contributed by atoms with Crippen molar-refractivity contribution in [3.05, 3.63) is 22.7 Å². The lowest BCUT2D eigenvalue weighted by Gasteiger charge is -2.19. The minimum Gasteiger partial charge on any atom is -0.293 e. The molecule has 1 aromatic heterocycles. The number of likely N-dealkylation sites (tertiary alicyclic amines) is 1. The van der Waals surface area contributed by atoms with Crippen LogP contribution in [0.25, 0.3) is 0 Å². The van der Waals surface area contributed by atoms with E-state index in [0.29, 0.717) is 11.2 Å². The molecule has 1 atom stereocenters. The number of rotatable bonds is 2. The van der Waals surface area contributed by atoms with Gasteiger partial charge in [-0.05, 0) is 39.3 Å². The minimum absolute atomic E-state index is 0.546. The number of halogens is 1. The van der Waals surface area contributed by atoms with Crippen LogP contribution in [0.4, 0.5) is 0 Å². The largest absolute Gasteiger partial charge is 0.293 e. The second-order valence-electron chi connectivity index (χ2n) is 4.21. The lowest BCUT2D eigenvalue weighted by molar-refractivity contribution is 0.253. The lowest BCUT2D eigenvalue weighted by Crippen LogP contribution is -2.27. The van der Waals surface area contributed by atoms with Crippen molar-refractivity contribution in [1.82, 2.24) is 14.9 Å². The van der Waals surface area contributed by atoms with E-state index in [4.69, 9.17) is 11.6 Å². The summed E-state index contributed by atoms with van der Waals surface area (Å²) in [6.07, 6.45) is 2.56. The third-order valence-electron chi connectivity index (χ3n) is 2.90. The molecule has 0 saturated carbocycles. The highest BCUT2D eigenvalue weighted by molar-refractivity contribution is 6.29. The van der Waals surface area contributed by atoms with Crippen molar-refractivity contribution in [2.75, 3.05) is 6.54 Å². The van der Waals surface area contributed by atoms with Crippen LogP contribution in [0.3, 0.4) is 0 Å². The molecule has 1 fully saturated rings. The SMILES string of the molecule is Cc1cc(Cl)nc(CN2CCCC2C)n1. The molecule has 1 aliphatic heterocycles. The van der Waals surface area contributed by atoms with Gasteiger partial charge in [-0.2, -0.15) is 0 Å². The van der Waals surface area contributed by atoms with Crippen molar-refractivity contribution in [2.45, 2.75) is 39.3 Å². The van der Waals surface area contributed by atoms with Gasteiger partial charge in [-0.15, -0.1) is 0 Å². The molecule has 82 valence electrons. The standard InChI is InChI=1S/C11H16ClN3/c1-8-6-10(12)14-11(13-8)7-15-5-3-4-9(15)2/h6,9H,3-5,7H2,1-2H3. The fraction of sp³-hybridized carbons (Fsp3) is 0.636. The molecule has 1 aromatic rings. The average Bonchev–Trinajstić information content (AvgIpc) is 2.50. The normalized spacial score (nSPS) is 22.2. The van der Waals surface area contributed by atoms with Gasteiger partial charge >= 0.3 is 0 Å². The highest BCUT2D eigenvalue weighted by Gasteiger charge is 2.21. The summed E-state index contributed by atoms with van der Waals surface area (Å²) in [6.45, 7) is 6.17. The fourth-order valence-corrected chi connectivity index (χ4v) is 2.32. The Kier molecular flexibility index (Phi) is 3.22. The predicted octanol–water partition coefficient (Wildman–Crippen LogP) is 2.42. The zero-order chi connectivity index (χ0) is 10.8. The minimum atomic E-state index is 0.546. The summed E-state index contributed by atoms with van der Waals surface area (Å²) in [5.41, 5.74) is 0.942. The molecule has 3 nitrogen and oxygen atoms in total. The molecule has 15 heavy (non-hydrogen) atoms. The van der Waals surface area contributed by atoms with Crippen LogP contribution in [-0.2, 0) is 6.54 Å². The van der Waals surface area contributed by atoms with Crippen molar-refractivity contribution in [1.29, 1.82) is 0 Å². The topological polar surface area (TPSA) is 29.0 Å². The number of aromatic nitrogens is 2. The van der Waals surface area contributed by atoms with Gasteiger partial charge in [-0.1, -0.05) is 11.6 Å². The third-order valence-corrected chi connectivity index (χ3v) is 3.10. The summed E-state index contributed by atoms with van der Waals surface area (Å²) in [6, 6.07) is 2.44. The van der Waals surface area contributed by atoms with E-state index in [0.717, 1.165) is 24.6 Å². The molecular formula is C11H16ClN3. The maximum absolute atomic E-state index is 5.90. The highest BCUT2D eigenvalue weighted by Crippen LogP contribution is 2.18. The zero-order valence-corrected chi connectivity index (χ0v) is 9.96. The summed E-state index contributed by atoms with van der Waals surface area (Å²) in [7, 11) is 0. The molecule has 0 radical (unpaired) electrons. The van der Waals surface area contributed by atoms with Crippen LogP contribution in [0, 0.1) is 6.92 Å². The highest BCUT2D eigenvalue weighted by atomic mass is 35.5. The van der Waals surface area contributed by atoms with Gasteiger partial charge in [0.15, 0.2) is 0 Å². The Morgan fingerprint density at radius 2 is 2.33 bits per heavy atom. The van der Waals surface area contributed by atoms with Gasteiger partial charge in [-0.25, -0.2) is 9.97 Å². The van der Waals surface area contributed by atoms with Crippen LogP contribution >= 0.6 is 11.6 Å². The van der Waals surface area contributed by atoms with Crippen LogP contribution in [0.15, 0.2) is 6.07 Å². The molecule has 0 spiro atoms. The van der Waals surface area contributed by atoms with Crippen LogP contribution in [-0.4, -0.2) is 27.5 Å². The molecule has 2 rings (SSSR count). The lowest BCUT2D eigenvalue weighted by atomic mass is 10.2. The molecular weight excluding hydrogens is 210 g/mol. The first kappa shape index (κ1) is 10.8. The Hall–Kier alpha value is -0.670. The van der Waals surface area contributed by atoms with Gasteiger partial charge in [0.1, 0.15) is 11.0 Å². The smallest absolute Gasteiger partial charge is 0.144 e. The van der Waals surface area contributed by atoms with Crippen LogP contribution < -0.4 is 0 Å². The third kappa shape index (κ3) is 2.67. The van der Waals surface area contributed by atoms with E-state index >= 15 is 0 Å². The maximum Gasteiger partial charge on any atom is 0.144 e. The number of hydrogen-bond donors (Lipinski definition) is 0. The predicted molar refractivity (Wildman–Crippen MR) is 60.9 cm³/mol. The van der Waals surface area contributed by atoms with Crippen LogP contribution in [0.5, 0.6) is 0 Å². The van der Waals surface area contributed by atoms with Crippen molar-refractivity contribution in [3.63, 3.8) is 0 Å². The van der Waals surface area contributed by atoms with E-state index in [1.165, 1.54) is 12.8 Å². The second kappa shape index (κ2) is 4.45. The van der Waals surface area contributed by atoms with Gasteiger partial charge in [0.2, 0.25) is 0 Å². The molecule has 0 aliphatic carbocycles. The quantitative estimate of drug-likeness (QED) is 0.724. The van der Waals surface area contributed by atoms with Crippen molar-refractivity contribution in [3.8, 4) is 0 Å². The average molecular weight is 226 g/mol. The van der Waals surface area contributed by atoms with E-state index in [1.807, 2.05) is 6.92 Å². The number of hydrogen-bond acceptors (Lipinski definition) is 3. The molecule has 2 heterocycles. The maximum atomic E-state index is 5.90. The molecule has 0 N–H and O–H groups in total. The molecule has 0 aromatic carbocycles. The first-order valence-corrected chi connectivity index (χ1v) is 5.77. The van der Waals surface area contributed by atoms with Gasteiger partial charge in [0, 0.05) is 11.7 Å². The van der Waals surface area contributed by atoms with Crippen molar-refractivity contribution < 1.29 is 0 Å². The monoisotopic (exact) mass is 225 g/mol. The molecule has 4 heteroatoms. The molecule has 0 bridgehead atoms. The van der Waals surface area contributed by atoms with Gasteiger partial charge < -0.3 is 0 Å². The number of aryl methyl sites for hydroxylation is 1. The Balaban J connectivity index is 2.10. The molecule has 1 aliphatic rings.